The number of sulfonamides is 1. The van der Waals surface area contributed by atoms with E-state index in [1.165, 1.54) is 6.07 Å². The first-order valence-corrected chi connectivity index (χ1v) is 15.9. The van der Waals surface area contributed by atoms with Crippen molar-refractivity contribution in [2.24, 2.45) is 11.5 Å². The molecular weight excluding hydrogens is 552 g/mol. The maximum Gasteiger partial charge on any atom is 0.245 e. The van der Waals surface area contributed by atoms with Crippen LogP contribution in [0, 0.1) is 5.41 Å². The first-order valence-electron chi connectivity index (χ1n) is 14.4. The predicted octanol–water partition coefficient (Wildman–Crippen LogP) is 2.64. The third kappa shape index (κ3) is 8.15. The summed E-state index contributed by atoms with van der Waals surface area (Å²) in [5.74, 6) is -0.821. The number of hydrogen-bond donors (Lipinski definition) is 5. The van der Waals surface area contributed by atoms with E-state index in [9.17, 15) is 18.0 Å². The number of fused-ring (bicyclic) bond motifs is 1. The van der Waals surface area contributed by atoms with Crippen LogP contribution in [0.4, 0.5) is 0 Å². The Balaban J connectivity index is 1.57. The van der Waals surface area contributed by atoms with Crippen LogP contribution in [0.15, 0.2) is 71.6 Å². The predicted molar refractivity (Wildman–Crippen MR) is 164 cm³/mol. The normalized spacial score (nSPS) is 15.2. The van der Waals surface area contributed by atoms with Crippen molar-refractivity contribution in [1.29, 1.82) is 5.41 Å². The molecule has 0 aliphatic carbocycles. The van der Waals surface area contributed by atoms with Gasteiger partial charge in [0.25, 0.3) is 0 Å². The van der Waals surface area contributed by atoms with E-state index in [-0.39, 0.29) is 29.5 Å². The summed E-state index contributed by atoms with van der Waals surface area (Å²) in [5, 5.41) is 12.2. The Kier molecular flexibility index (Phi) is 10.7. The summed E-state index contributed by atoms with van der Waals surface area (Å²) >= 11 is 0. The molecule has 42 heavy (non-hydrogen) atoms. The number of hydrogen-bond acceptors (Lipinski definition) is 6. The molecule has 1 saturated heterocycles. The first kappa shape index (κ1) is 31.1. The molecule has 10 nitrogen and oxygen atoms in total. The molecule has 11 heteroatoms. The van der Waals surface area contributed by atoms with Crippen LogP contribution in [0.1, 0.15) is 49.7 Å². The number of amides is 2. The van der Waals surface area contributed by atoms with Crippen molar-refractivity contribution < 1.29 is 18.0 Å². The van der Waals surface area contributed by atoms with Gasteiger partial charge < -0.3 is 21.7 Å². The average Bonchev–Trinajstić information content (AvgIpc) is 3.00. The molecular formula is C31H40N6O4S. The number of piperidine rings is 1. The van der Waals surface area contributed by atoms with Crippen molar-refractivity contribution in [3.63, 3.8) is 0 Å². The second-order valence-corrected chi connectivity index (χ2v) is 12.4. The number of rotatable bonds is 13. The fourth-order valence-corrected chi connectivity index (χ4v) is 6.45. The Hall–Kier alpha value is -3.80. The number of likely N-dealkylation sites (tertiary alicyclic amines) is 1. The van der Waals surface area contributed by atoms with E-state index in [2.05, 4.69) is 10.0 Å². The standard InChI is InChI=1S/C31H40N6O4S/c32-17-5-4-10-27(36-42(40,41)26-16-15-23-8-2-3-9-25(23)21-26)30(38)35-28(31(39)37-18-6-1-7-19-37)20-22-11-13-24(14-12-22)29(33)34/h2-3,8-9,11-16,21,27-28,36H,1,4-7,10,17-20,32H2,(H3,33,34)(H,35,38)/t27-,28+/m1/s1. The number of nitrogen functional groups attached to an aromatic ring is 1. The molecule has 1 fully saturated rings. The Morgan fingerprint density at radius 3 is 2.26 bits per heavy atom. The highest BCUT2D eigenvalue weighted by Crippen LogP contribution is 2.20. The van der Waals surface area contributed by atoms with Gasteiger partial charge in [0.15, 0.2) is 0 Å². The van der Waals surface area contributed by atoms with Crippen LogP contribution in [-0.4, -0.2) is 62.7 Å². The molecule has 224 valence electrons. The Morgan fingerprint density at radius 1 is 0.905 bits per heavy atom. The lowest BCUT2D eigenvalue weighted by molar-refractivity contribution is -0.137. The highest BCUT2D eigenvalue weighted by Gasteiger charge is 2.32. The number of amidine groups is 1. The van der Waals surface area contributed by atoms with Gasteiger partial charge in [0.05, 0.1) is 4.90 Å². The fourth-order valence-electron chi connectivity index (χ4n) is 5.19. The Bertz CT molecular complexity index is 1500. The highest BCUT2D eigenvalue weighted by molar-refractivity contribution is 7.89. The van der Waals surface area contributed by atoms with Crippen LogP contribution < -0.4 is 21.5 Å². The molecule has 1 heterocycles. The molecule has 2 amide bonds. The van der Waals surface area contributed by atoms with Gasteiger partial charge in [-0.3, -0.25) is 15.0 Å². The summed E-state index contributed by atoms with van der Waals surface area (Å²) in [7, 11) is -4.05. The molecule has 0 spiro atoms. The van der Waals surface area contributed by atoms with Gasteiger partial charge in [0, 0.05) is 25.1 Å². The molecule has 1 aliphatic rings. The van der Waals surface area contributed by atoms with Gasteiger partial charge >= 0.3 is 0 Å². The smallest absolute Gasteiger partial charge is 0.245 e. The Labute approximate surface area is 247 Å². The maximum absolute atomic E-state index is 13.7. The monoisotopic (exact) mass is 592 g/mol. The Morgan fingerprint density at radius 2 is 1.60 bits per heavy atom. The van der Waals surface area contributed by atoms with E-state index in [4.69, 9.17) is 16.9 Å². The van der Waals surface area contributed by atoms with Gasteiger partial charge in [0.2, 0.25) is 21.8 Å². The van der Waals surface area contributed by atoms with Crippen LogP contribution in [0.5, 0.6) is 0 Å². The quantitative estimate of drug-likeness (QED) is 0.116. The number of nitrogens with zero attached hydrogens (tertiary/aromatic N) is 1. The number of carbonyl (C=O) groups is 2. The minimum absolute atomic E-state index is 0.0596. The number of benzene rings is 3. The molecule has 2 atom stereocenters. The molecule has 3 aromatic carbocycles. The molecule has 0 bridgehead atoms. The zero-order chi connectivity index (χ0) is 30.1. The number of carbonyl (C=O) groups excluding carboxylic acids is 2. The summed E-state index contributed by atoms with van der Waals surface area (Å²) in [4.78, 5) is 29.2. The molecule has 1 aliphatic heterocycles. The number of nitrogens with one attached hydrogen (secondary N) is 3. The number of unbranched alkanes of at least 4 members (excludes halogenated alkanes) is 1. The third-order valence-electron chi connectivity index (χ3n) is 7.58. The summed E-state index contributed by atoms with van der Waals surface area (Å²) in [6.07, 6.45) is 4.44. The summed E-state index contributed by atoms with van der Waals surface area (Å²) < 4.78 is 29.5. The van der Waals surface area contributed by atoms with Crippen molar-refractivity contribution in [2.75, 3.05) is 19.6 Å². The topological polar surface area (TPSA) is 171 Å². The van der Waals surface area contributed by atoms with Crippen molar-refractivity contribution >= 4 is 38.4 Å². The molecule has 0 radical (unpaired) electrons. The van der Waals surface area contributed by atoms with Gasteiger partial charge in [-0.25, -0.2) is 8.42 Å². The second-order valence-electron chi connectivity index (χ2n) is 10.7. The van der Waals surface area contributed by atoms with Crippen molar-refractivity contribution in [3.05, 3.63) is 77.9 Å². The molecule has 3 aromatic rings. The fraction of sp³-hybridized carbons (Fsp3) is 0.387. The minimum atomic E-state index is -4.05. The van der Waals surface area contributed by atoms with Crippen LogP contribution >= 0.6 is 0 Å². The summed E-state index contributed by atoms with van der Waals surface area (Å²) in [5.41, 5.74) is 12.6. The second kappa shape index (κ2) is 14.4. The van der Waals surface area contributed by atoms with Crippen LogP contribution in [0.2, 0.25) is 0 Å². The van der Waals surface area contributed by atoms with Crippen LogP contribution in [-0.2, 0) is 26.0 Å². The van der Waals surface area contributed by atoms with E-state index in [1.807, 2.05) is 24.3 Å². The molecule has 4 rings (SSSR count). The molecule has 0 saturated carbocycles. The lowest BCUT2D eigenvalue weighted by Gasteiger charge is -2.31. The van der Waals surface area contributed by atoms with E-state index in [0.717, 1.165) is 35.6 Å². The van der Waals surface area contributed by atoms with Gasteiger partial charge in [-0.05, 0) is 67.1 Å². The maximum atomic E-state index is 13.7. The summed E-state index contributed by atoms with van der Waals surface area (Å²) in [6.45, 7) is 1.64. The largest absolute Gasteiger partial charge is 0.384 e. The van der Waals surface area contributed by atoms with Crippen LogP contribution in [0.3, 0.4) is 0 Å². The van der Waals surface area contributed by atoms with Crippen molar-refractivity contribution in [3.8, 4) is 0 Å². The highest BCUT2D eigenvalue weighted by atomic mass is 32.2. The van der Waals surface area contributed by atoms with E-state index in [1.54, 1.807) is 41.3 Å². The zero-order valence-corrected chi connectivity index (χ0v) is 24.5. The number of nitrogens with two attached hydrogens (primary N) is 2. The molecule has 0 unspecified atom stereocenters. The van der Waals surface area contributed by atoms with E-state index >= 15 is 0 Å². The average molecular weight is 593 g/mol. The minimum Gasteiger partial charge on any atom is -0.384 e. The lowest BCUT2D eigenvalue weighted by Crippen LogP contribution is -2.55. The van der Waals surface area contributed by atoms with Crippen LogP contribution in [0.25, 0.3) is 10.8 Å². The van der Waals surface area contributed by atoms with Gasteiger partial charge in [-0.2, -0.15) is 4.72 Å². The van der Waals surface area contributed by atoms with E-state index in [0.29, 0.717) is 38.0 Å². The van der Waals surface area contributed by atoms with E-state index < -0.39 is 28.0 Å². The summed E-state index contributed by atoms with van der Waals surface area (Å²) in [6, 6.07) is 17.3. The molecule has 7 N–H and O–H groups in total. The third-order valence-corrected chi connectivity index (χ3v) is 9.05. The van der Waals surface area contributed by atoms with Gasteiger partial charge in [-0.15, -0.1) is 0 Å². The zero-order valence-electron chi connectivity index (χ0n) is 23.7. The van der Waals surface area contributed by atoms with Crippen molar-refractivity contribution in [2.45, 2.75) is 61.9 Å². The SMILES string of the molecule is N=C(N)c1ccc(C[C@H](NC(=O)[C@@H](CCCCN)NS(=O)(=O)c2ccc3ccccc3c2)C(=O)N2CCCCC2)cc1. The molecule has 0 aromatic heterocycles. The first-order chi connectivity index (χ1) is 20.2. The van der Waals surface area contributed by atoms with Gasteiger partial charge in [-0.1, -0.05) is 61.0 Å². The lowest BCUT2D eigenvalue weighted by atomic mass is 10.0. The van der Waals surface area contributed by atoms with Crippen molar-refractivity contribution in [1.82, 2.24) is 14.9 Å². The van der Waals surface area contributed by atoms with Gasteiger partial charge in [0.1, 0.15) is 17.9 Å².